The third-order valence-electron chi connectivity index (χ3n) is 5.56. The molecule has 5 nitrogen and oxygen atoms in total. The second-order valence-electron chi connectivity index (χ2n) is 7.61. The minimum atomic E-state index is -0.943. The number of nitrogens with zero attached hydrogens (tertiary/aromatic N) is 1. The van der Waals surface area contributed by atoms with E-state index in [0.717, 1.165) is 0 Å². The Balaban J connectivity index is 1.54. The molecule has 0 aromatic heterocycles. The van der Waals surface area contributed by atoms with Gasteiger partial charge in [-0.3, -0.25) is 9.59 Å². The Morgan fingerprint density at radius 3 is 2.37 bits per heavy atom. The Morgan fingerprint density at radius 2 is 1.70 bits per heavy atom. The average molecular weight is 361 g/mol. The molecule has 0 radical (unpaired) electrons. The lowest BCUT2D eigenvalue weighted by Gasteiger charge is -2.20. The van der Waals surface area contributed by atoms with Crippen molar-refractivity contribution in [2.75, 3.05) is 0 Å². The van der Waals surface area contributed by atoms with Crippen molar-refractivity contribution in [2.45, 2.75) is 26.1 Å². The van der Waals surface area contributed by atoms with Crippen LogP contribution >= 0.6 is 0 Å². The van der Waals surface area contributed by atoms with E-state index in [2.05, 4.69) is 6.07 Å². The van der Waals surface area contributed by atoms with Crippen molar-refractivity contribution >= 4 is 11.6 Å². The van der Waals surface area contributed by atoms with Gasteiger partial charge in [0.05, 0.1) is 6.07 Å². The number of fused-ring (bicyclic) bond motifs is 1. The largest absolute Gasteiger partial charge is 0.457 e. The van der Waals surface area contributed by atoms with Gasteiger partial charge in [0.15, 0.2) is 6.10 Å². The van der Waals surface area contributed by atoms with Crippen LogP contribution < -0.4 is 4.74 Å². The fourth-order valence-electron chi connectivity index (χ4n) is 4.04. The van der Waals surface area contributed by atoms with Crippen LogP contribution in [-0.4, -0.2) is 17.7 Å². The lowest BCUT2D eigenvalue weighted by atomic mass is 9.97. The first-order valence-electron chi connectivity index (χ1n) is 8.89. The maximum atomic E-state index is 12.2. The molecule has 0 bridgehead atoms. The topological polar surface area (TPSA) is 76.4 Å². The van der Waals surface area contributed by atoms with Crippen LogP contribution in [0.25, 0.3) is 0 Å². The molecule has 4 atom stereocenters. The van der Waals surface area contributed by atoms with Crippen LogP contribution in [0.3, 0.4) is 0 Å². The van der Waals surface area contributed by atoms with Crippen LogP contribution in [0, 0.1) is 28.6 Å². The number of benzene rings is 2. The normalized spacial score (nSPS) is 26.2. The first kappa shape index (κ1) is 17.4. The Labute approximate surface area is 157 Å². The van der Waals surface area contributed by atoms with Gasteiger partial charge in [-0.05, 0) is 35.2 Å². The zero-order chi connectivity index (χ0) is 19.2. The van der Waals surface area contributed by atoms with Gasteiger partial charge in [-0.15, -0.1) is 0 Å². The molecule has 0 amide bonds. The highest BCUT2D eigenvalue weighted by molar-refractivity contribution is 6.43. The van der Waals surface area contributed by atoms with E-state index in [4.69, 9.17) is 9.47 Å². The molecule has 27 heavy (non-hydrogen) atoms. The molecule has 136 valence electrons. The van der Waals surface area contributed by atoms with Gasteiger partial charge in [0, 0.05) is 11.8 Å². The summed E-state index contributed by atoms with van der Waals surface area (Å²) in [7, 11) is 0. The summed E-state index contributed by atoms with van der Waals surface area (Å²) < 4.78 is 11.6. The summed E-state index contributed by atoms with van der Waals surface area (Å²) in [4.78, 5) is 24.3. The van der Waals surface area contributed by atoms with E-state index in [1.54, 1.807) is 24.3 Å². The summed E-state index contributed by atoms with van der Waals surface area (Å²) in [5, 5.41) is 9.59. The number of carbonyl (C=O) groups is 2. The molecule has 2 saturated carbocycles. The van der Waals surface area contributed by atoms with Crippen LogP contribution in [0.15, 0.2) is 54.6 Å². The van der Waals surface area contributed by atoms with Crippen LogP contribution in [0.4, 0.5) is 0 Å². The average Bonchev–Trinajstić information content (AvgIpc) is 3.13. The number of ether oxygens (including phenoxy) is 2. The highest BCUT2D eigenvalue weighted by Gasteiger charge is 2.73. The van der Waals surface area contributed by atoms with Gasteiger partial charge in [0.2, 0.25) is 11.6 Å². The third-order valence-corrected chi connectivity index (χ3v) is 5.56. The van der Waals surface area contributed by atoms with E-state index >= 15 is 0 Å². The molecule has 0 heterocycles. The van der Waals surface area contributed by atoms with E-state index in [1.807, 2.05) is 44.2 Å². The molecule has 0 spiro atoms. The standard InChI is InChI=1S/C22H19NO4/c1-22(2)17-18(22)21(20(25)19(17)24)27-16(12-23)13-7-6-10-15(11-13)26-14-8-4-3-5-9-14/h3-11,16-18,21H,1-2H3/t16-,17-,18+,21+/m0/s1. The van der Waals surface area contributed by atoms with Crippen molar-refractivity contribution in [2.24, 2.45) is 17.3 Å². The Morgan fingerprint density at radius 1 is 1.00 bits per heavy atom. The predicted molar refractivity (Wildman–Crippen MR) is 97.0 cm³/mol. The Bertz CT molecular complexity index is 944. The summed E-state index contributed by atoms with van der Waals surface area (Å²) in [5.74, 6) is -0.0440. The Kier molecular flexibility index (Phi) is 4.09. The summed E-state index contributed by atoms with van der Waals surface area (Å²) in [5.41, 5.74) is 0.349. The second kappa shape index (κ2) is 6.33. The second-order valence-corrected chi connectivity index (χ2v) is 7.61. The molecule has 4 rings (SSSR count). The highest BCUT2D eigenvalue weighted by Crippen LogP contribution is 2.65. The first-order chi connectivity index (χ1) is 12.9. The molecule has 5 heteroatoms. The van der Waals surface area contributed by atoms with Crippen LogP contribution in [-0.2, 0) is 14.3 Å². The maximum absolute atomic E-state index is 12.2. The minimum absolute atomic E-state index is 0.142. The van der Waals surface area contributed by atoms with E-state index < -0.39 is 18.0 Å². The molecular formula is C22H19NO4. The quantitative estimate of drug-likeness (QED) is 0.756. The number of ketones is 2. The van der Waals surface area contributed by atoms with Gasteiger partial charge in [-0.1, -0.05) is 44.2 Å². The van der Waals surface area contributed by atoms with Crippen LogP contribution in [0.5, 0.6) is 11.5 Å². The molecule has 0 unspecified atom stereocenters. The molecule has 2 fully saturated rings. The van der Waals surface area contributed by atoms with Gasteiger partial charge >= 0.3 is 0 Å². The number of para-hydroxylation sites is 1. The number of nitriles is 1. The van der Waals surface area contributed by atoms with E-state index in [-0.39, 0.29) is 23.0 Å². The molecular weight excluding hydrogens is 342 g/mol. The fraction of sp³-hybridized carbons (Fsp3) is 0.318. The van der Waals surface area contributed by atoms with Gasteiger partial charge in [-0.2, -0.15) is 5.26 Å². The van der Waals surface area contributed by atoms with Crippen molar-refractivity contribution in [3.63, 3.8) is 0 Å². The van der Waals surface area contributed by atoms with E-state index in [1.165, 1.54) is 0 Å². The Hall–Kier alpha value is -2.97. The predicted octanol–water partition coefficient (Wildman–Crippen LogP) is 3.85. The summed E-state index contributed by atoms with van der Waals surface area (Å²) in [6.07, 6.45) is -1.79. The number of hydrogen-bond donors (Lipinski definition) is 0. The molecule has 2 aliphatic rings. The first-order valence-corrected chi connectivity index (χ1v) is 8.89. The SMILES string of the molecule is CC1(C)[C@@H]2[C@H]1C(=O)C(=O)[C@@H]2O[C@@H](C#N)c1cccc(Oc2ccccc2)c1. The zero-order valence-corrected chi connectivity index (χ0v) is 15.1. The monoisotopic (exact) mass is 361 g/mol. The van der Waals surface area contributed by atoms with E-state index in [0.29, 0.717) is 17.1 Å². The third kappa shape index (κ3) is 2.92. The molecule has 2 aromatic carbocycles. The van der Waals surface area contributed by atoms with E-state index in [9.17, 15) is 14.9 Å². The number of Topliss-reactive ketones (excluding diaryl/α,β-unsaturated/α-hetero) is 2. The summed E-state index contributed by atoms with van der Waals surface area (Å²) in [6, 6.07) is 18.4. The maximum Gasteiger partial charge on any atom is 0.227 e. The van der Waals surface area contributed by atoms with Gasteiger partial charge in [0.1, 0.15) is 17.6 Å². The number of rotatable bonds is 5. The molecule has 0 aliphatic heterocycles. The van der Waals surface area contributed by atoms with Crippen LogP contribution in [0.2, 0.25) is 0 Å². The lowest BCUT2D eigenvalue weighted by molar-refractivity contribution is -0.144. The van der Waals surface area contributed by atoms with Crippen molar-refractivity contribution in [1.82, 2.24) is 0 Å². The smallest absolute Gasteiger partial charge is 0.227 e. The van der Waals surface area contributed by atoms with Gasteiger partial charge in [-0.25, -0.2) is 0 Å². The molecule has 0 saturated heterocycles. The summed E-state index contributed by atoms with van der Waals surface area (Å²) in [6.45, 7) is 3.91. The van der Waals surface area contributed by atoms with Crippen molar-refractivity contribution in [3.05, 3.63) is 60.2 Å². The molecule has 2 aliphatic carbocycles. The fourth-order valence-corrected chi connectivity index (χ4v) is 4.04. The highest BCUT2D eigenvalue weighted by atomic mass is 16.5. The minimum Gasteiger partial charge on any atom is -0.457 e. The molecule has 0 N–H and O–H groups in total. The molecule has 2 aromatic rings. The zero-order valence-electron chi connectivity index (χ0n) is 15.1. The van der Waals surface area contributed by atoms with Crippen molar-refractivity contribution in [1.29, 1.82) is 5.26 Å². The lowest BCUT2D eigenvalue weighted by Crippen LogP contribution is -2.32. The number of carbonyl (C=O) groups excluding carboxylic acids is 2. The van der Waals surface area contributed by atoms with Crippen molar-refractivity contribution in [3.8, 4) is 17.6 Å². The summed E-state index contributed by atoms with van der Waals surface area (Å²) >= 11 is 0. The van der Waals surface area contributed by atoms with Gasteiger partial charge in [0.25, 0.3) is 0 Å². The van der Waals surface area contributed by atoms with Crippen LogP contribution in [0.1, 0.15) is 25.5 Å². The van der Waals surface area contributed by atoms with Crippen molar-refractivity contribution < 1.29 is 19.1 Å². The van der Waals surface area contributed by atoms with Gasteiger partial charge < -0.3 is 9.47 Å². The number of hydrogen-bond acceptors (Lipinski definition) is 5.